The second kappa shape index (κ2) is 7.79. The van der Waals surface area contributed by atoms with E-state index in [0.717, 1.165) is 24.8 Å². The molecule has 2 aromatic carbocycles. The number of carbonyl (C=O) groups is 1. The molecule has 0 spiro atoms. The van der Waals surface area contributed by atoms with E-state index in [1.54, 1.807) is 18.2 Å². The van der Waals surface area contributed by atoms with Crippen molar-refractivity contribution < 1.29 is 19.4 Å². The smallest absolute Gasteiger partial charge is 0.199 e. The van der Waals surface area contributed by atoms with Crippen LogP contribution in [0.2, 0.25) is 0 Å². The molecule has 0 aliphatic carbocycles. The lowest BCUT2D eigenvalue weighted by Crippen LogP contribution is -2.24. The fraction of sp³-hybridized carbons (Fsp3) is 0.250. The third-order valence-electron chi connectivity index (χ3n) is 3.87. The molecule has 1 fully saturated rings. The predicted octanol–water partition coefficient (Wildman–Crippen LogP) is 4.19. The van der Waals surface area contributed by atoms with Crippen LogP contribution >= 0.6 is 0 Å². The number of benzene rings is 2. The van der Waals surface area contributed by atoms with Crippen LogP contribution in [0.1, 0.15) is 35.2 Å². The van der Waals surface area contributed by atoms with Crippen molar-refractivity contribution in [2.24, 2.45) is 0 Å². The third kappa shape index (κ3) is 4.24. The normalized spacial score (nSPS) is 17.8. The highest BCUT2D eigenvalue weighted by Gasteiger charge is 2.16. The standard InChI is InChI=1S/C20H20O4/c21-18(12-9-15-6-2-1-3-7-15)17-11-10-16(14-19(17)22)24-20-8-4-5-13-23-20/h1-3,6-7,9-12,14,20,22H,4-5,8,13H2/b12-9+. The topological polar surface area (TPSA) is 55.8 Å². The van der Waals surface area contributed by atoms with Gasteiger partial charge in [-0.1, -0.05) is 36.4 Å². The van der Waals surface area contributed by atoms with Crippen molar-refractivity contribution in [1.82, 2.24) is 0 Å². The molecule has 0 aromatic heterocycles. The minimum Gasteiger partial charge on any atom is -0.507 e. The summed E-state index contributed by atoms with van der Waals surface area (Å²) in [6, 6.07) is 14.3. The average Bonchev–Trinajstić information content (AvgIpc) is 2.61. The van der Waals surface area contributed by atoms with Crippen LogP contribution in [-0.2, 0) is 4.74 Å². The van der Waals surface area contributed by atoms with E-state index in [9.17, 15) is 9.90 Å². The van der Waals surface area contributed by atoms with Gasteiger partial charge < -0.3 is 14.6 Å². The zero-order chi connectivity index (χ0) is 16.8. The van der Waals surface area contributed by atoms with Gasteiger partial charge in [0.1, 0.15) is 11.5 Å². The second-order valence-electron chi connectivity index (χ2n) is 5.70. The van der Waals surface area contributed by atoms with E-state index in [0.29, 0.717) is 12.4 Å². The molecule has 24 heavy (non-hydrogen) atoms. The second-order valence-corrected chi connectivity index (χ2v) is 5.70. The van der Waals surface area contributed by atoms with Gasteiger partial charge in [0.15, 0.2) is 12.1 Å². The maximum Gasteiger partial charge on any atom is 0.199 e. The number of rotatable bonds is 5. The molecule has 1 aliphatic rings. The van der Waals surface area contributed by atoms with Crippen molar-refractivity contribution >= 4 is 11.9 Å². The Morgan fingerprint density at radius 2 is 2.00 bits per heavy atom. The summed E-state index contributed by atoms with van der Waals surface area (Å²) in [5.74, 6) is 0.158. The highest BCUT2D eigenvalue weighted by Crippen LogP contribution is 2.27. The molecule has 1 unspecified atom stereocenters. The molecule has 1 saturated heterocycles. The first-order valence-electron chi connectivity index (χ1n) is 8.11. The van der Waals surface area contributed by atoms with Gasteiger partial charge in [0.05, 0.1) is 12.2 Å². The summed E-state index contributed by atoms with van der Waals surface area (Å²) in [5, 5.41) is 10.1. The van der Waals surface area contributed by atoms with Crippen LogP contribution in [0.5, 0.6) is 11.5 Å². The van der Waals surface area contributed by atoms with Crippen LogP contribution in [0.4, 0.5) is 0 Å². The van der Waals surface area contributed by atoms with Crippen LogP contribution < -0.4 is 4.74 Å². The Labute approximate surface area is 141 Å². The summed E-state index contributed by atoms with van der Waals surface area (Å²) >= 11 is 0. The number of aromatic hydroxyl groups is 1. The van der Waals surface area contributed by atoms with Gasteiger partial charge in [0, 0.05) is 12.5 Å². The van der Waals surface area contributed by atoms with Gasteiger partial charge in [-0.3, -0.25) is 4.79 Å². The van der Waals surface area contributed by atoms with E-state index >= 15 is 0 Å². The number of phenolic OH excluding ortho intramolecular Hbond substituents is 1. The lowest BCUT2D eigenvalue weighted by Gasteiger charge is -2.23. The maximum atomic E-state index is 12.2. The van der Waals surface area contributed by atoms with Gasteiger partial charge in [-0.2, -0.15) is 0 Å². The molecule has 4 heteroatoms. The van der Waals surface area contributed by atoms with Crippen molar-refractivity contribution in [1.29, 1.82) is 0 Å². The Kier molecular flexibility index (Phi) is 5.29. The van der Waals surface area contributed by atoms with Crippen LogP contribution in [0.15, 0.2) is 54.6 Å². The lowest BCUT2D eigenvalue weighted by atomic mass is 10.1. The molecule has 1 atom stereocenters. The Balaban J connectivity index is 1.67. The summed E-state index contributed by atoms with van der Waals surface area (Å²) in [4.78, 5) is 12.2. The van der Waals surface area contributed by atoms with Crippen LogP contribution in [0.3, 0.4) is 0 Å². The van der Waals surface area contributed by atoms with Crippen LogP contribution in [0.25, 0.3) is 6.08 Å². The number of ketones is 1. The van der Waals surface area contributed by atoms with E-state index in [-0.39, 0.29) is 23.4 Å². The van der Waals surface area contributed by atoms with E-state index in [1.807, 2.05) is 30.3 Å². The first-order chi connectivity index (χ1) is 11.7. The number of ether oxygens (including phenoxy) is 2. The van der Waals surface area contributed by atoms with Gasteiger partial charge in [0.25, 0.3) is 0 Å². The van der Waals surface area contributed by atoms with E-state index in [1.165, 1.54) is 12.1 Å². The summed E-state index contributed by atoms with van der Waals surface area (Å²) in [6.07, 6.45) is 5.85. The van der Waals surface area contributed by atoms with E-state index < -0.39 is 0 Å². The maximum absolute atomic E-state index is 12.2. The monoisotopic (exact) mass is 324 g/mol. The Morgan fingerprint density at radius 1 is 1.17 bits per heavy atom. The van der Waals surface area contributed by atoms with Gasteiger partial charge in [-0.25, -0.2) is 0 Å². The molecule has 0 amide bonds. The molecule has 3 rings (SSSR count). The molecule has 4 nitrogen and oxygen atoms in total. The van der Waals surface area contributed by atoms with Gasteiger partial charge in [-0.15, -0.1) is 0 Å². The molecule has 1 heterocycles. The number of hydrogen-bond donors (Lipinski definition) is 1. The highest BCUT2D eigenvalue weighted by molar-refractivity contribution is 6.08. The molecule has 0 radical (unpaired) electrons. The molecule has 124 valence electrons. The van der Waals surface area contributed by atoms with E-state index in [2.05, 4.69) is 0 Å². The van der Waals surface area contributed by atoms with Crippen molar-refractivity contribution in [3.63, 3.8) is 0 Å². The fourth-order valence-corrected chi connectivity index (χ4v) is 2.57. The van der Waals surface area contributed by atoms with Crippen molar-refractivity contribution in [3.8, 4) is 11.5 Å². The number of carbonyl (C=O) groups excluding carboxylic acids is 1. The van der Waals surface area contributed by atoms with Gasteiger partial charge in [-0.05, 0) is 36.6 Å². The Hall–Kier alpha value is -2.59. The Bertz CT molecular complexity index is 716. The largest absolute Gasteiger partial charge is 0.507 e. The molecule has 0 bridgehead atoms. The predicted molar refractivity (Wildman–Crippen MR) is 92.1 cm³/mol. The first-order valence-corrected chi connectivity index (χ1v) is 8.11. The minimum absolute atomic E-state index is 0.0916. The van der Waals surface area contributed by atoms with Crippen molar-refractivity contribution in [2.75, 3.05) is 6.61 Å². The van der Waals surface area contributed by atoms with Gasteiger partial charge in [0.2, 0.25) is 0 Å². The quantitative estimate of drug-likeness (QED) is 0.662. The minimum atomic E-state index is -0.280. The molecule has 0 saturated carbocycles. The van der Waals surface area contributed by atoms with Crippen molar-refractivity contribution in [2.45, 2.75) is 25.6 Å². The first kappa shape index (κ1) is 16.3. The lowest BCUT2D eigenvalue weighted by molar-refractivity contribution is -0.105. The summed E-state index contributed by atoms with van der Waals surface area (Å²) in [5.41, 5.74) is 1.18. The number of phenols is 1. The molecule has 1 aliphatic heterocycles. The zero-order valence-electron chi connectivity index (χ0n) is 13.4. The summed E-state index contributed by atoms with van der Waals surface area (Å²) in [6.45, 7) is 0.692. The van der Waals surface area contributed by atoms with Crippen molar-refractivity contribution in [3.05, 3.63) is 65.7 Å². The van der Waals surface area contributed by atoms with Gasteiger partial charge >= 0.3 is 0 Å². The number of hydrogen-bond acceptors (Lipinski definition) is 4. The summed E-state index contributed by atoms with van der Waals surface area (Å²) < 4.78 is 11.2. The van der Waals surface area contributed by atoms with Crippen LogP contribution in [-0.4, -0.2) is 23.8 Å². The third-order valence-corrected chi connectivity index (χ3v) is 3.87. The molecular weight excluding hydrogens is 304 g/mol. The van der Waals surface area contributed by atoms with Crippen LogP contribution in [0, 0.1) is 0 Å². The molecule has 2 aromatic rings. The number of allylic oxidation sites excluding steroid dienone is 1. The zero-order valence-corrected chi connectivity index (χ0v) is 13.4. The molecular formula is C20H20O4. The highest BCUT2D eigenvalue weighted by atomic mass is 16.7. The summed E-state index contributed by atoms with van der Waals surface area (Å²) in [7, 11) is 0. The Morgan fingerprint density at radius 3 is 2.71 bits per heavy atom. The fourth-order valence-electron chi connectivity index (χ4n) is 2.57. The average molecular weight is 324 g/mol. The van der Waals surface area contributed by atoms with E-state index in [4.69, 9.17) is 9.47 Å². The SMILES string of the molecule is O=C(/C=C/c1ccccc1)c1ccc(OC2CCCCO2)cc1O. The molecule has 1 N–H and O–H groups in total.